The Morgan fingerprint density at radius 3 is 1.98 bits per heavy atom. The number of nitrogens with one attached hydrogen (secondary N) is 3. The van der Waals surface area contributed by atoms with Crippen LogP contribution in [0.25, 0.3) is 10.9 Å². The van der Waals surface area contributed by atoms with Gasteiger partial charge in [-0.05, 0) is 124 Å². The lowest BCUT2D eigenvalue weighted by Gasteiger charge is -2.28. The maximum Gasteiger partial charge on any atom is 0.329 e. The van der Waals surface area contributed by atoms with Crippen LogP contribution >= 0.6 is 0 Å². The molecule has 0 aliphatic rings. The Morgan fingerprint density at radius 1 is 0.842 bits per heavy atom. The second kappa shape index (κ2) is 19.0. The normalized spacial score (nSPS) is 13.4. The number of esters is 3. The van der Waals surface area contributed by atoms with Gasteiger partial charge in [0.05, 0.1) is 17.4 Å². The molecule has 0 aliphatic heterocycles. The Hall–Kier alpha value is -5.71. The number of carbonyl (C=O) groups is 5. The molecule has 57 heavy (non-hydrogen) atoms. The molecule has 0 radical (unpaired) electrons. The lowest BCUT2D eigenvalue weighted by Crippen LogP contribution is -2.49. The van der Waals surface area contributed by atoms with E-state index in [1.807, 2.05) is 11.0 Å². The maximum atomic E-state index is 13.6. The Labute approximate surface area is 334 Å². The quantitative estimate of drug-likeness (QED) is 0.103. The molecule has 1 heterocycles. The first-order valence-corrected chi connectivity index (χ1v) is 18.9. The topological polar surface area (TPSA) is 186 Å². The first kappa shape index (κ1) is 45.7. The number of anilines is 1. The van der Waals surface area contributed by atoms with Crippen LogP contribution in [-0.4, -0.2) is 75.1 Å². The summed E-state index contributed by atoms with van der Waals surface area (Å²) < 4.78 is 16.5. The number of benzene rings is 2. The van der Waals surface area contributed by atoms with Gasteiger partial charge in [0.15, 0.2) is 0 Å². The zero-order valence-electron chi connectivity index (χ0n) is 35.0. The first-order chi connectivity index (χ1) is 26.3. The molecular weight excluding hydrogens is 730 g/mol. The molecule has 3 rings (SSSR count). The Balaban J connectivity index is 1.78. The minimum Gasteiger partial charge on any atom is -0.460 e. The minimum atomic E-state index is -1.24. The van der Waals surface area contributed by atoms with Crippen molar-refractivity contribution in [3.63, 3.8) is 0 Å². The standard InChI is InChI=1S/C43H57N5O9/c1-13-22-48(25-28-14-19-32-31(24-28)38(52)45-27(3)44-32)30-17-15-29(16-18-30)37(51)47-34(40(54)57-43(10,11)12)23-26(2)36(50)46-33(39(53)56-42(7,8)9)20-21-35(49)55-41(4,5)6/h1,14-19,24,26,33-34H,20-23,25H2,2-12H3,(H,46,50)(H,47,51)(H,44,45,52)/t26-,33+,34+/m1/s1. The molecule has 0 bridgehead atoms. The third-order valence-electron chi connectivity index (χ3n) is 8.14. The van der Waals surface area contributed by atoms with Crippen LogP contribution in [0.3, 0.4) is 0 Å². The van der Waals surface area contributed by atoms with Gasteiger partial charge < -0.3 is 34.7 Å². The van der Waals surface area contributed by atoms with Gasteiger partial charge in [0, 0.05) is 30.1 Å². The van der Waals surface area contributed by atoms with Gasteiger partial charge >= 0.3 is 17.9 Å². The van der Waals surface area contributed by atoms with Crippen LogP contribution in [0.5, 0.6) is 0 Å². The number of nitrogens with zero attached hydrogens (tertiary/aromatic N) is 2. The van der Waals surface area contributed by atoms with Crippen LogP contribution in [0.4, 0.5) is 5.69 Å². The summed E-state index contributed by atoms with van der Waals surface area (Å²) in [4.78, 5) is 87.7. The molecule has 0 saturated carbocycles. The third-order valence-corrected chi connectivity index (χ3v) is 8.14. The second-order valence-electron chi connectivity index (χ2n) is 17.0. The van der Waals surface area contributed by atoms with E-state index in [1.54, 1.807) is 113 Å². The number of rotatable bonds is 15. The van der Waals surface area contributed by atoms with Gasteiger partial charge in [0.2, 0.25) is 5.91 Å². The van der Waals surface area contributed by atoms with Gasteiger partial charge in [-0.15, -0.1) is 6.42 Å². The molecule has 3 atom stereocenters. The summed E-state index contributed by atoms with van der Waals surface area (Å²) in [5, 5.41) is 5.84. The van der Waals surface area contributed by atoms with Gasteiger partial charge in [0.1, 0.15) is 34.7 Å². The average Bonchev–Trinajstić information content (AvgIpc) is 3.07. The minimum absolute atomic E-state index is 0.0808. The average molecular weight is 788 g/mol. The molecular formula is C43H57N5O9. The van der Waals surface area contributed by atoms with Crippen LogP contribution in [0.1, 0.15) is 110 Å². The number of amides is 2. The van der Waals surface area contributed by atoms with Crippen LogP contribution in [0.2, 0.25) is 0 Å². The van der Waals surface area contributed by atoms with Crippen molar-refractivity contribution in [2.75, 3.05) is 11.4 Å². The lowest BCUT2D eigenvalue weighted by molar-refractivity contribution is -0.161. The Bertz CT molecular complexity index is 2030. The van der Waals surface area contributed by atoms with Gasteiger partial charge in [-0.1, -0.05) is 18.9 Å². The van der Waals surface area contributed by atoms with Crippen LogP contribution in [0, 0.1) is 25.2 Å². The van der Waals surface area contributed by atoms with Crippen LogP contribution in [-0.2, 0) is 39.9 Å². The summed E-state index contributed by atoms with van der Waals surface area (Å²) >= 11 is 0. The van der Waals surface area contributed by atoms with Crippen molar-refractivity contribution in [2.45, 2.75) is 131 Å². The lowest BCUT2D eigenvalue weighted by atomic mass is 9.99. The number of terminal acetylenes is 1. The van der Waals surface area contributed by atoms with E-state index in [-0.39, 0.29) is 36.9 Å². The zero-order valence-corrected chi connectivity index (χ0v) is 35.0. The smallest absolute Gasteiger partial charge is 0.329 e. The van der Waals surface area contributed by atoms with Gasteiger partial charge in [0.25, 0.3) is 11.5 Å². The highest BCUT2D eigenvalue weighted by Crippen LogP contribution is 2.21. The number of aromatic amines is 1. The van der Waals surface area contributed by atoms with Crippen molar-refractivity contribution in [3.8, 4) is 12.3 Å². The third kappa shape index (κ3) is 15.0. The first-order valence-electron chi connectivity index (χ1n) is 18.9. The molecule has 308 valence electrons. The van der Waals surface area contributed by atoms with Crippen molar-refractivity contribution >= 4 is 46.3 Å². The highest BCUT2D eigenvalue weighted by Gasteiger charge is 2.33. The number of carbonyl (C=O) groups excluding carboxylic acids is 5. The summed E-state index contributed by atoms with van der Waals surface area (Å²) in [6, 6.07) is 9.62. The number of hydrogen-bond acceptors (Lipinski definition) is 11. The highest BCUT2D eigenvalue weighted by molar-refractivity contribution is 5.97. The van der Waals surface area contributed by atoms with E-state index < -0.39 is 64.5 Å². The maximum absolute atomic E-state index is 13.6. The van der Waals surface area contributed by atoms with Crippen molar-refractivity contribution in [3.05, 3.63) is 69.8 Å². The van der Waals surface area contributed by atoms with E-state index in [1.165, 1.54) is 0 Å². The predicted molar refractivity (Wildman–Crippen MR) is 217 cm³/mol. The SMILES string of the molecule is C#CCN(Cc1ccc2nc(C)[nH]c(=O)c2c1)c1ccc(C(=O)N[C@@H](C[C@@H](C)C(=O)N[C@@H](CCC(=O)OC(C)(C)C)C(=O)OC(C)(C)C)C(=O)OC(C)(C)C)cc1. The summed E-state index contributed by atoms with van der Waals surface area (Å²) in [5.41, 5.74) is -0.382. The molecule has 1 aromatic heterocycles. The van der Waals surface area contributed by atoms with Crippen molar-refractivity contribution in [1.29, 1.82) is 0 Å². The Kier molecular flexibility index (Phi) is 15.2. The molecule has 14 heteroatoms. The van der Waals surface area contributed by atoms with E-state index in [0.29, 0.717) is 29.0 Å². The van der Waals surface area contributed by atoms with E-state index >= 15 is 0 Å². The van der Waals surface area contributed by atoms with Crippen molar-refractivity contribution < 1.29 is 38.2 Å². The molecule has 0 aliphatic carbocycles. The summed E-state index contributed by atoms with van der Waals surface area (Å²) in [6.07, 6.45) is 5.29. The summed E-state index contributed by atoms with van der Waals surface area (Å²) in [7, 11) is 0. The largest absolute Gasteiger partial charge is 0.460 e. The molecule has 3 N–H and O–H groups in total. The molecule has 2 aromatic carbocycles. The fourth-order valence-corrected chi connectivity index (χ4v) is 5.67. The van der Waals surface area contributed by atoms with E-state index in [9.17, 15) is 28.8 Å². The van der Waals surface area contributed by atoms with Crippen molar-refractivity contribution in [2.24, 2.45) is 5.92 Å². The number of aryl methyl sites for hydroxylation is 1. The summed E-state index contributed by atoms with van der Waals surface area (Å²) in [5.74, 6) is -0.943. The number of hydrogen-bond donors (Lipinski definition) is 3. The monoisotopic (exact) mass is 787 g/mol. The molecule has 0 fully saturated rings. The molecule has 2 amide bonds. The molecule has 0 saturated heterocycles. The number of aromatic nitrogens is 2. The molecule has 14 nitrogen and oxygen atoms in total. The number of ether oxygens (including phenoxy) is 3. The fraction of sp³-hybridized carbons (Fsp3) is 0.512. The highest BCUT2D eigenvalue weighted by atomic mass is 16.6. The fourth-order valence-electron chi connectivity index (χ4n) is 5.67. The van der Waals surface area contributed by atoms with Gasteiger partial charge in [-0.2, -0.15) is 0 Å². The van der Waals surface area contributed by atoms with E-state index in [4.69, 9.17) is 20.6 Å². The second-order valence-corrected chi connectivity index (χ2v) is 17.0. The molecule has 3 aromatic rings. The van der Waals surface area contributed by atoms with Gasteiger partial charge in [-0.25, -0.2) is 14.6 Å². The predicted octanol–water partition coefficient (Wildman–Crippen LogP) is 5.29. The van der Waals surface area contributed by atoms with E-state index in [2.05, 4.69) is 26.5 Å². The number of H-pyrrole nitrogens is 1. The van der Waals surface area contributed by atoms with Crippen molar-refractivity contribution in [1.82, 2.24) is 20.6 Å². The van der Waals surface area contributed by atoms with Crippen LogP contribution < -0.4 is 21.1 Å². The number of fused-ring (bicyclic) bond motifs is 1. The van der Waals surface area contributed by atoms with E-state index in [0.717, 1.165) is 5.56 Å². The molecule has 0 unspecified atom stereocenters. The van der Waals surface area contributed by atoms with Gasteiger partial charge in [-0.3, -0.25) is 19.2 Å². The summed E-state index contributed by atoms with van der Waals surface area (Å²) in [6.45, 7) is 19.2. The van der Waals surface area contributed by atoms with Crippen LogP contribution in [0.15, 0.2) is 47.3 Å². The zero-order chi connectivity index (χ0) is 42.9. The molecule has 0 spiro atoms. The Morgan fingerprint density at radius 2 is 1.42 bits per heavy atom.